The first-order valence-corrected chi connectivity index (χ1v) is 4.45. The van der Waals surface area contributed by atoms with E-state index in [4.69, 9.17) is 10.5 Å². The van der Waals surface area contributed by atoms with Gasteiger partial charge in [0.1, 0.15) is 23.6 Å². The first-order chi connectivity index (χ1) is 7.65. The minimum absolute atomic E-state index is 0.0846. The smallest absolute Gasteiger partial charge is 0.127 e. The zero-order valence-corrected chi connectivity index (χ0v) is 8.10. The number of nitrogens with zero attached hydrogens (tertiary/aromatic N) is 2. The first kappa shape index (κ1) is 9.82. The molecule has 0 amide bonds. The molecule has 4 nitrogen and oxygen atoms in total. The summed E-state index contributed by atoms with van der Waals surface area (Å²) in [6.45, 7) is 0. The second-order valence-electron chi connectivity index (χ2n) is 3.31. The maximum absolute atomic E-state index is 9.58. The van der Waals surface area contributed by atoms with Crippen molar-refractivity contribution in [2.75, 3.05) is 0 Å². The fraction of sp³-hybridized carbons (Fsp3) is 0. The van der Waals surface area contributed by atoms with Gasteiger partial charge in [0.15, 0.2) is 0 Å². The number of nitriles is 2. The summed E-state index contributed by atoms with van der Waals surface area (Å²) < 4.78 is 0. The van der Waals surface area contributed by atoms with Crippen molar-refractivity contribution in [2.45, 2.75) is 0 Å². The van der Waals surface area contributed by atoms with Crippen LogP contribution in [0.25, 0.3) is 10.8 Å². The average Bonchev–Trinajstić information content (AvgIpc) is 2.27. The Morgan fingerprint density at radius 1 is 0.875 bits per heavy atom. The van der Waals surface area contributed by atoms with E-state index in [0.29, 0.717) is 10.8 Å². The lowest BCUT2D eigenvalue weighted by atomic mass is 10.0. The molecule has 16 heavy (non-hydrogen) atoms. The number of hydrogen-bond donors (Lipinski definition) is 2. The molecule has 0 aliphatic heterocycles. The van der Waals surface area contributed by atoms with Crippen LogP contribution in [0.3, 0.4) is 0 Å². The van der Waals surface area contributed by atoms with Crippen LogP contribution in [-0.4, -0.2) is 10.2 Å². The van der Waals surface area contributed by atoms with Crippen LogP contribution in [0.2, 0.25) is 0 Å². The van der Waals surface area contributed by atoms with Gasteiger partial charge in [-0.05, 0) is 23.6 Å². The molecule has 2 rings (SSSR count). The predicted molar refractivity (Wildman–Crippen MR) is 56.7 cm³/mol. The molecule has 2 aromatic carbocycles. The van der Waals surface area contributed by atoms with Crippen molar-refractivity contribution < 1.29 is 10.2 Å². The van der Waals surface area contributed by atoms with Gasteiger partial charge in [-0.1, -0.05) is 0 Å². The highest BCUT2D eigenvalue weighted by atomic mass is 16.3. The van der Waals surface area contributed by atoms with Crippen molar-refractivity contribution >= 4 is 10.8 Å². The summed E-state index contributed by atoms with van der Waals surface area (Å²) in [5.41, 5.74) is 0.427. The van der Waals surface area contributed by atoms with Gasteiger partial charge in [-0.25, -0.2) is 0 Å². The Bertz CT molecular complexity index is 663. The van der Waals surface area contributed by atoms with Crippen LogP contribution in [0.4, 0.5) is 0 Å². The van der Waals surface area contributed by atoms with Crippen molar-refractivity contribution in [3.05, 3.63) is 35.4 Å². The molecule has 0 spiro atoms. The van der Waals surface area contributed by atoms with E-state index in [1.807, 2.05) is 12.1 Å². The number of phenols is 2. The van der Waals surface area contributed by atoms with E-state index < -0.39 is 0 Å². The number of aromatic hydroxyl groups is 2. The molecule has 0 aromatic heterocycles. The summed E-state index contributed by atoms with van der Waals surface area (Å²) >= 11 is 0. The molecule has 0 fully saturated rings. The van der Waals surface area contributed by atoms with E-state index in [0.717, 1.165) is 0 Å². The highest BCUT2D eigenvalue weighted by Gasteiger charge is 2.08. The van der Waals surface area contributed by atoms with Gasteiger partial charge in [0.25, 0.3) is 0 Å². The monoisotopic (exact) mass is 210 g/mol. The van der Waals surface area contributed by atoms with Crippen molar-refractivity contribution in [1.29, 1.82) is 10.5 Å². The van der Waals surface area contributed by atoms with E-state index in [-0.39, 0.29) is 22.6 Å². The van der Waals surface area contributed by atoms with Gasteiger partial charge in [-0.2, -0.15) is 10.5 Å². The molecular formula is C12H6N2O2. The molecule has 0 heterocycles. The largest absolute Gasteiger partial charge is 0.508 e. The first-order valence-electron chi connectivity index (χ1n) is 4.45. The molecule has 0 radical (unpaired) electrons. The number of fused-ring (bicyclic) bond motifs is 1. The van der Waals surface area contributed by atoms with E-state index >= 15 is 0 Å². The fourth-order valence-corrected chi connectivity index (χ4v) is 1.56. The molecule has 0 saturated carbocycles. The zero-order valence-electron chi connectivity index (χ0n) is 8.10. The number of rotatable bonds is 0. The molecule has 4 heteroatoms. The number of hydrogen-bond acceptors (Lipinski definition) is 4. The van der Waals surface area contributed by atoms with E-state index in [1.54, 1.807) is 0 Å². The third kappa shape index (κ3) is 1.39. The Morgan fingerprint density at radius 3 is 2.12 bits per heavy atom. The molecule has 0 aliphatic rings. The van der Waals surface area contributed by atoms with E-state index in [1.165, 1.54) is 24.3 Å². The minimum Gasteiger partial charge on any atom is -0.508 e. The Kier molecular flexibility index (Phi) is 2.12. The van der Waals surface area contributed by atoms with Crippen LogP contribution in [0.15, 0.2) is 24.3 Å². The van der Waals surface area contributed by atoms with E-state index in [9.17, 15) is 10.2 Å². The summed E-state index contributed by atoms with van der Waals surface area (Å²) in [5.74, 6) is -0.199. The second-order valence-corrected chi connectivity index (χ2v) is 3.31. The maximum atomic E-state index is 9.58. The Hall–Kier alpha value is -2.72. The number of benzene rings is 2. The average molecular weight is 210 g/mol. The molecule has 0 unspecified atom stereocenters. The quantitative estimate of drug-likeness (QED) is 0.695. The molecule has 76 valence electrons. The molecule has 2 aromatic rings. The van der Waals surface area contributed by atoms with Crippen LogP contribution < -0.4 is 0 Å². The third-order valence-corrected chi connectivity index (χ3v) is 2.29. The summed E-state index contributed by atoms with van der Waals surface area (Å²) in [4.78, 5) is 0. The highest BCUT2D eigenvalue weighted by Crippen LogP contribution is 2.31. The lowest BCUT2D eigenvalue weighted by Gasteiger charge is -2.04. The third-order valence-electron chi connectivity index (χ3n) is 2.29. The van der Waals surface area contributed by atoms with Crippen molar-refractivity contribution in [2.24, 2.45) is 0 Å². The Morgan fingerprint density at radius 2 is 1.50 bits per heavy atom. The highest BCUT2D eigenvalue weighted by molar-refractivity contribution is 5.91. The van der Waals surface area contributed by atoms with Gasteiger partial charge in [-0.15, -0.1) is 0 Å². The van der Waals surface area contributed by atoms with Crippen LogP contribution in [0.5, 0.6) is 11.5 Å². The van der Waals surface area contributed by atoms with Crippen LogP contribution in [0, 0.1) is 22.7 Å². The summed E-state index contributed by atoms with van der Waals surface area (Å²) in [6.07, 6.45) is 0. The van der Waals surface area contributed by atoms with E-state index in [2.05, 4.69) is 0 Å². The minimum atomic E-state index is -0.115. The van der Waals surface area contributed by atoms with Gasteiger partial charge < -0.3 is 10.2 Å². The van der Waals surface area contributed by atoms with Crippen LogP contribution in [-0.2, 0) is 0 Å². The van der Waals surface area contributed by atoms with Gasteiger partial charge in [0.05, 0.1) is 11.1 Å². The number of phenolic OH excluding ortho intramolecular Hbond substituents is 2. The molecule has 2 N–H and O–H groups in total. The Balaban J connectivity index is 2.91. The standard InChI is InChI=1S/C12H6N2O2/c13-5-8-1-7-2-10(15)4-12(16)11(7)3-9(8)6-14/h1-4,15-16H. The van der Waals surface area contributed by atoms with Crippen LogP contribution >= 0.6 is 0 Å². The summed E-state index contributed by atoms with van der Waals surface area (Å²) in [7, 11) is 0. The lowest BCUT2D eigenvalue weighted by Crippen LogP contribution is -1.85. The van der Waals surface area contributed by atoms with Crippen molar-refractivity contribution in [1.82, 2.24) is 0 Å². The SMILES string of the molecule is N#Cc1cc2cc(O)cc(O)c2cc1C#N. The summed E-state index contributed by atoms with van der Waals surface area (Å²) in [6, 6.07) is 9.29. The Labute approximate surface area is 91.2 Å². The van der Waals surface area contributed by atoms with Gasteiger partial charge in [-0.3, -0.25) is 0 Å². The topological polar surface area (TPSA) is 88.0 Å². The molecule has 0 saturated heterocycles. The fourth-order valence-electron chi connectivity index (χ4n) is 1.56. The van der Waals surface area contributed by atoms with Gasteiger partial charge in [0, 0.05) is 11.5 Å². The molecule has 0 bridgehead atoms. The maximum Gasteiger partial charge on any atom is 0.127 e. The molecule has 0 aliphatic carbocycles. The normalized spacial score (nSPS) is 9.62. The van der Waals surface area contributed by atoms with Gasteiger partial charge in [0.2, 0.25) is 0 Å². The van der Waals surface area contributed by atoms with Crippen LogP contribution in [0.1, 0.15) is 11.1 Å². The van der Waals surface area contributed by atoms with Gasteiger partial charge >= 0.3 is 0 Å². The lowest BCUT2D eigenvalue weighted by molar-refractivity contribution is 0.455. The van der Waals surface area contributed by atoms with Crippen molar-refractivity contribution in [3.8, 4) is 23.6 Å². The second kappa shape index (κ2) is 3.45. The summed E-state index contributed by atoms with van der Waals surface area (Å²) in [5, 5.41) is 37.5. The van der Waals surface area contributed by atoms with Crippen molar-refractivity contribution in [3.63, 3.8) is 0 Å². The molecular weight excluding hydrogens is 204 g/mol. The zero-order chi connectivity index (χ0) is 11.7. The predicted octanol–water partition coefficient (Wildman–Crippen LogP) is 1.99. The molecule has 0 atom stereocenters.